The number of nitrogens with zero attached hydrogens (tertiary/aromatic N) is 1. The molecule has 8 heteroatoms. The maximum atomic E-state index is 12.3. The van der Waals surface area contributed by atoms with Crippen LogP contribution in [-0.4, -0.2) is 30.8 Å². The van der Waals surface area contributed by atoms with Crippen molar-refractivity contribution < 1.29 is 23.8 Å². The third-order valence-electron chi connectivity index (χ3n) is 4.15. The molecule has 0 saturated heterocycles. The van der Waals surface area contributed by atoms with Crippen LogP contribution in [0.4, 0.5) is 5.13 Å². The third kappa shape index (κ3) is 3.81. The van der Waals surface area contributed by atoms with E-state index >= 15 is 0 Å². The number of amides is 1. The van der Waals surface area contributed by atoms with Crippen molar-refractivity contribution >= 4 is 28.3 Å². The Labute approximate surface area is 164 Å². The smallest absolute Gasteiger partial charge is 0.337 e. The van der Waals surface area contributed by atoms with Gasteiger partial charge in [0, 0.05) is 10.9 Å². The summed E-state index contributed by atoms with van der Waals surface area (Å²) in [5.41, 5.74) is 2.87. The molecule has 0 atom stereocenters. The number of fused-ring (bicyclic) bond motifs is 1. The van der Waals surface area contributed by atoms with E-state index in [9.17, 15) is 9.59 Å². The van der Waals surface area contributed by atoms with Crippen LogP contribution in [0.3, 0.4) is 0 Å². The van der Waals surface area contributed by atoms with Gasteiger partial charge in [-0.3, -0.25) is 4.79 Å². The monoisotopic (exact) mass is 396 g/mol. The van der Waals surface area contributed by atoms with Gasteiger partial charge in [-0.25, -0.2) is 9.78 Å². The molecular weight excluding hydrogens is 380 g/mol. The molecule has 0 saturated carbocycles. The molecule has 3 aromatic rings. The number of anilines is 1. The van der Waals surface area contributed by atoms with E-state index in [-0.39, 0.29) is 25.1 Å². The van der Waals surface area contributed by atoms with Gasteiger partial charge in [0.25, 0.3) is 0 Å². The lowest BCUT2D eigenvalue weighted by Crippen LogP contribution is -2.14. The molecule has 0 fully saturated rings. The van der Waals surface area contributed by atoms with Gasteiger partial charge in [-0.15, -0.1) is 11.3 Å². The summed E-state index contributed by atoms with van der Waals surface area (Å²) in [6, 6.07) is 12.4. The Hall–Kier alpha value is -3.39. The van der Waals surface area contributed by atoms with E-state index in [4.69, 9.17) is 9.47 Å². The molecule has 7 nitrogen and oxygen atoms in total. The van der Waals surface area contributed by atoms with Gasteiger partial charge in [0.1, 0.15) is 0 Å². The molecule has 28 heavy (non-hydrogen) atoms. The van der Waals surface area contributed by atoms with Crippen molar-refractivity contribution in [2.24, 2.45) is 0 Å². The predicted molar refractivity (Wildman–Crippen MR) is 104 cm³/mol. The van der Waals surface area contributed by atoms with Crippen LogP contribution in [0, 0.1) is 0 Å². The number of methoxy groups -OCH3 is 1. The van der Waals surface area contributed by atoms with Crippen molar-refractivity contribution in [2.45, 2.75) is 6.42 Å². The van der Waals surface area contributed by atoms with Gasteiger partial charge in [-0.05, 0) is 29.8 Å². The Bertz CT molecular complexity index is 1030. The number of aromatic nitrogens is 1. The van der Waals surface area contributed by atoms with Gasteiger partial charge >= 0.3 is 5.97 Å². The first kappa shape index (κ1) is 18.0. The molecule has 1 amide bonds. The molecule has 4 rings (SSSR count). The molecule has 0 unspecified atom stereocenters. The average Bonchev–Trinajstić information content (AvgIpc) is 3.36. The van der Waals surface area contributed by atoms with Crippen LogP contribution in [0.2, 0.25) is 0 Å². The molecule has 0 aliphatic carbocycles. The van der Waals surface area contributed by atoms with Crippen molar-refractivity contribution in [2.75, 3.05) is 19.2 Å². The second-order valence-electron chi connectivity index (χ2n) is 6.02. The van der Waals surface area contributed by atoms with Gasteiger partial charge in [0.05, 0.1) is 24.8 Å². The zero-order chi connectivity index (χ0) is 19.5. The van der Waals surface area contributed by atoms with Crippen LogP contribution in [0.1, 0.15) is 15.9 Å². The highest BCUT2D eigenvalue weighted by molar-refractivity contribution is 7.14. The fourth-order valence-electron chi connectivity index (χ4n) is 2.76. The maximum Gasteiger partial charge on any atom is 0.337 e. The number of thiazole rings is 1. The normalized spacial score (nSPS) is 11.9. The van der Waals surface area contributed by atoms with Gasteiger partial charge in [0.2, 0.25) is 12.7 Å². The van der Waals surface area contributed by atoms with E-state index in [0.29, 0.717) is 22.2 Å². The summed E-state index contributed by atoms with van der Waals surface area (Å²) in [6.45, 7) is 0.202. The Kier molecular flexibility index (Phi) is 4.94. The summed E-state index contributed by atoms with van der Waals surface area (Å²) in [4.78, 5) is 28.3. The first-order valence-corrected chi connectivity index (χ1v) is 9.33. The lowest BCUT2D eigenvalue weighted by Gasteiger charge is -2.04. The SMILES string of the molecule is COC(=O)c1ccc(-c2csc(NC(=O)Cc3ccc4c(c3)OCO4)n2)cc1. The maximum absolute atomic E-state index is 12.3. The minimum Gasteiger partial charge on any atom is -0.465 e. The van der Waals surface area contributed by atoms with Gasteiger partial charge in [0.15, 0.2) is 16.6 Å². The first-order valence-electron chi connectivity index (χ1n) is 8.45. The Morgan fingerprint density at radius 2 is 1.93 bits per heavy atom. The third-order valence-corrected chi connectivity index (χ3v) is 4.91. The topological polar surface area (TPSA) is 86.8 Å². The van der Waals surface area contributed by atoms with Crippen molar-refractivity contribution in [3.8, 4) is 22.8 Å². The van der Waals surface area contributed by atoms with E-state index in [1.807, 2.05) is 11.4 Å². The lowest BCUT2D eigenvalue weighted by molar-refractivity contribution is -0.115. The summed E-state index contributed by atoms with van der Waals surface area (Å²) < 4.78 is 15.3. The number of ether oxygens (including phenoxy) is 3. The van der Waals surface area contributed by atoms with E-state index in [1.165, 1.54) is 18.4 Å². The molecule has 1 aliphatic heterocycles. The molecule has 1 aromatic heterocycles. The summed E-state index contributed by atoms with van der Waals surface area (Å²) in [5, 5.41) is 5.17. The van der Waals surface area contributed by atoms with E-state index in [1.54, 1.807) is 36.4 Å². The number of benzene rings is 2. The van der Waals surface area contributed by atoms with Crippen LogP contribution < -0.4 is 14.8 Å². The predicted octanol–water partition coefficient (Wildman–Crippen LogP) is 3.51. The standard InChI is InChI=1S/C20H16N2O5S/c1-25-19(24)14-5-3-13(4-6-14)15-10-28-20(21-15)22-18(23)9-12-2-7-16-17(8-12)27-11-26-16/h2-8,10H,9,11H2,1H3,(H,21,22,23). The minimum atomic E-state index is -0.388. The summed E-state index contributed by atoms with van der Waals surface area (Å²) in [5.74, 6) is 0.784. The Morgan fingerprint density at radius 3 is 2.71 bits per heavy atom. The zero-order valence-electron chi connectivity index (χ0n) is 14.9. The van der Waals surface area contributed by atoms with Gasteiger partial charge < -0.3 is 19.5 Å². The quantitative estimate of drug-likeness (QED) is 0.664. The van der Waals surface area contributed by atoms with Crippen molar-refractivity contribution in [1.82, 2.24) is 4.98 Å². The van der Waals surface area contributed by atoms with Crippen molar-refractivity contribution in [3.63, 3.8) is 0 Å². The number of carbonyl (C=O) groups excluding carboxylic acids is 2. The number of hydrogen-bond donors (Lipinski definition) is 1. The number of hydrogen-bond acceptors (Lipinski definition) is 7. The zero-order valence-corrected chi connectivity index (χ0v) is 15.7. The van der Waals surface area contributed by atoms with Crippen LogP contribution in [0.25, 0.3) is 11.3 Å². The summed E-state index contributed by atoms with van der Waals surface area (Å²) >= 11 is 1.34. The van der Waals surface area contributed by atoms with Gasteiger partial charge in [-0.1, -0.05) is 18.2 Å². The van der Waals surface area contributed by atoms with Crippen molar-refractivity contribution in [1.29, 1.82) is 0 Å². The molecule has 2 heterocycles. The van der Waals surface area contributed by atoms with E-state index in [0.717, 1.165) is 16.8 Å². The molecule has 1 N–H and O–H groups in total. The molecule has 0 bridgehead atoms. The van der Waals surface area contributed by atoms with Crippen molar-refractivity contribution in [3.05, 3.63) is 59.0 Å². The first-order chi connectivity index (χ1) is 13.6. The van der Waals surface area contributed by atoms with Crippen LogP contribution in [-0.2, 0) is 16.0 Å². The molecule has 1 aliphatic rings. The molecular formula is C20H16N2O5S. The fourth-order valence-corrected chi connectivity index (χ4v) is 3.49. The molecule has 0 radical (unpaired) electrons. The van der Waals surface area contributed by atoms with Gasteiger partial charge in [-0.2, -0.15) is 0 Å². The molecule has 2 aromatic carbocycles. The number of esters is 1. The van der Waals surface area contributed by atoms with Crippen LogP contribution >= 0.6 is 11.3 Å². The Morgan fingerprint density at radius 1 is 1.14 bits per heavy atom. The lowest BCUT2D eigenvalue weighted by atomic mass is 10.1. The highest BCUT2D eigenvalue weighted by Gasteiger charge is 2.15. The van der Waals surface area contributed by atoms with Crippen LogP contribution in [0.15, 0.2) is 47.8 Å². The number of nitrogens with one attached hydrogen (secondary N) is 1. The summed E-state index contributed by atoms with van der Waals surface area (Å²) in [6.07, 6.45) is 0.208. The fraction of sp³-hybridized carbons (Fsp3) is 0.150. The van der Waals surface area contributed by atoms with E-state index in [2.05, 4.69) is 15.0 Å². The summed E-state index contributed by atoms with van der Waals surface area (Å²) in [7, 11) is 1.34. The second kappa shape index (κ2) is 7.69. The number of rotatable bonds is 5. The molecule has 142 valence electrons. The van der Waals surface area contributed by atoms with E-state index < -0.39 is 0 Å². The highest BCUT2D eigenvalue weighted by Crippen LogP contribution is 2.32. The molecule has 0 spiro atoms. The Balaban J connectivity index is 1.40. The average molecular weight is 396 g/mol. The number of carbonyl (C=O) groups is 2. The van der Waals surface area contributed by atoms with Crippen LogP contribution in [0.5, 0.6) is 11.5 Å². The largest absolute Gasteiger partial charge is 0.465 e. The highest BCUT2D eigenvalue weighted by atomic mass is 32.1. The minimum absolute atomic E-state index is 0.166. The second-order valence-corrected chi connectivity index (χ2v) is 6.88.